The van der Waals surface area contributed by atoms with E-state index < -0.39 is 21.1 Å². The molecule has 1 aliphatic heterocycles. The lowest BCUT2D eigenvalue weighted by Crippen LogP contribution is -2.37. The molecule has 1 aromatic heterocycles. The van der Waals surface area contributed by atoms with E-state index >= 15 is 0 Å². The van der Waals surface area contributed by atoms with Gasteiger partial charge < -0.3 is 5.73 Å². The van der Waals surface area contributed by atoms with Crippen LogP contribution < -0.4 is 5.73 Å². The van der Waals surface area contributed by atoms with Crippen LogP contribution in [0.2, 0.25) is 0 Å². The van der Waals surface area contributed by atoms with Crippen LogP contribution in [0.5, 0.6) is 0 Å². The zero-order valence-electron chi connectivity index (χ0n) is 9.04. The summed E-state index contributed by atoms with van der Waals surface area (Å²) in [7, 11) is -3.02. The number of pyridine rings is 1. The Balaban J connectivity index is 2.24. The predicted octanol–water partition coefficient (Wildman–Crippen LogP) is 1.05. The van der Waals surface area contributed by atoms with Crippen LogP contribution in [0.4, 0.5) is 0 Å². The Morgan fingerprint density at radius 2 is 2.25 bits per heavy atom. The molecule has 88 valence electrons. The number of aromatic nitrogens is 1. The molecule has 1 saturated heterocycles. The van der Waals surface area contributed by atoms with Gasteiger partial charge in [-0.05, 0) is 24.5 Å². The highest BCUT2D eigenvalue weighted by Gasteiger charge is 2.34. The molecule has 2 atom stereocenters. The highest BCUT2D eigenvalue weighted by atomic mass is 32.2. The fourth-order valence-corrected chi connectivity index (χ4v) is 4.21. The number of sulfone groups is 1. The molecular weight excluding hydrogens is 224 g/mol. The van der Waals surface area contributed by atoms with E-state index in [0.29, 0.717) is 6.42 Å². The molecule has 2 unspecified atom stereocenters. The first kappa shape index (κ1) is 11.5. The van der Waals surface area contributed by atoms with E-state index in [0.717, 1.165) is 18.4 Å². The monoisotopic (exact) mass is 240 g/mol. The van der Waals surface area contributed by atoms with Crippen molar-refractivity contribution in [1.29, 1.82) is 0 Å². The summed E-state index contributed by atoms with van der Waals surface area (Å²) in [6.45, 7) is 0. The lowest BCUT2D eigenvalue weighted by Gasteiger charge is -2.27. The smallest absolute Gasteiger partial charge is 0.155 e. The molecule has 0 aliphatic carbocycles. The van der Waals surface area contributed by atoms with Crippen LogP contribution in [-0.2, 0) is 9.84 Å². The number of rotatable bonds is 2. The standard InChI is InChI=1S/C11H16N2O2S/c12-11(9-4-3-6-13-8-9)10-5-1-2-7-16(10,14)15/h3-4,6,8,10-11H,1-2,5,7,12H2. The van der Waals surface area contributed by atoms with Gasteiger partial charge in [-0.1, -0.05) is 12.5 Å². The molecule has 1 fully saturated rings. The fourth-order valence-electron chi connectivity index (χ4n) is 2.17. The van der Waals surface area contributed by atoms with E-state index in [1.165, 1.54) is 0 Å². The first-order valence-corrected chi connectivity index (χ1v) is 7.20. The molecule has 0 aromatic carbocycles. The molecule has 0 radical (unpaired) electrons. The van der Waals surface area contributed by atoms with Gasteiger partial charge in [-0.3, -0.25) is 4.98 Å². The van der Waals surface area contributed by atoms with E-state index in [1.54, 1.807) is 18.5 Å². The molecule has 0 bridgehead atoms. The second kappa shape index (κ2) is 4.51. The van der Waals surface area contributed by atoms with Crippen molar-refractivity contribution in [2.45, 2.75) is 30.6 Å². The zero-order valence-corrected chi connectivity index (χ0v) is 9.86. The maximum absolute atomic E-state index is 11.9. The van der Waals surface area contributed by atoms with Crippen LogP contribution in [0, 0.1) is 0 Å². The van der Waals surface area contributed by atoms with Crippen LogP contribution in [0.15, 0.2) is 24.5 Å². The molecule has 1 aliphatic rings. The number of hydrogen-bond acceptors (Lipinski definition) is 4. The average Bonchev–Trinajstić information content (AvgIpc) is 2.29. The molecule has 2 rings (SSSR count). The first-order chi connectivity index (χ1) is 7.61. The minimum atomic E-state index is -3.02. The quantitative estimate of drug-likeness (QED) is 0.838. The van der Waals surface area contributed by atoms with E-state index in [2.05, 4.69) is 4.98 Å². The number of hydrogen-bond donors (Lipinski definition) is 1. The molecular formula is C11H16N2O2S. The van der Waals surface area contributed by atoms with Crippen molar-refractivity contribution in [2.75, 3.05) is 5.75 Å². The molecule has 16 heavy (non-hydrogen) atoms. The van der Waals surface area contributed by atoms with Gasteiger partial charge in [0.05, 0.1) is 11.0 Å². The lowest BCUT2D eigenvalue weighted by atomic mass is 10.0. The third-order valence-electron chi connectivity index (χ3n) is 3.10. The van der Waals surface area contributed by atoms with E-state index in [-0.39, 0.29) is 5.75 Å². The Kier molecular flexibility index (Phi) is 3.25. The summed E-state index contributed by atoms with van der Waals surface area (Å²) >= 11 is 0. The van der Waals surface area contributed by atoms with E-state index in [4.69, 9.17) is 5.73 Å². The fraction of sp³-hybridized carbons (Fsp3) is 0.545. The van der Waals surface area contributed by atoms with Gasteiger partial charge in [-0.15, -0.1) is 0 Å². The first-order valence-electron chi connectivity index (χ1n) is 5.48. The van der Waals surface area contributed by atoms with Gasteiger partial charge in [0.1, 0.15) is 0 Å². The Morgan fingerprint density at radius 1 is 1.44 bits per heavy atom. The van der Waals surface area contributed by atoms with Crippen molar-refractivity contribution in [1.82, 2.24) is 4.98 Å². The minimum absolute atomic E-state index is 0.269. The second-order valence-corrected chi connectivity index (χ2v) is 6.55. The van der Waals surface area contributed by atoms with Crippen molar-refractivity contribution >= 4 is 9.84 Å². The van der Waals surface area contributed by atoms with Gasteiger partial charge in [0.25, 0.3) is 0 Å². The largest absolute Gasteiger partial charge is 0.323 e. The summed E-state index contributed by atoms with van der Waals surface area (Å²) in [5.74, 6) is 0.269. The molecule has 2 N–H and O–H groups in total. The highest BCUT2D eigenvalue weighted by molar-refractivity contribution is 7.92. The van der Waals surface area contributed by atoms with Crippen molar-refractivity contribution in [2.24, 2.45) is 5.73 Å². The maximum atomic E-state index is 11.9. The Bertz CT molecular complexity index is 444. The number of nitrogens with two attached hydrogens (primary N) is 1. The van der Waals surface area contributed by atoms with Gasteiger partial charge >= 0.3 is 0 Å². The molecule has 1 aromatic rings. The molecule has 4 nitrogen and oxygen atoms in total. The van der Waals surface area contributed by atoms with Crippen LogP contribution >= 0.6 is 0 Å². The molecule has 2 heterocycles. The molecule has 0 amide bonds. The minimum Gasteiger partial charge on any atom is -0.323 e. The van der Waals surface area contributed by atoms with Gasteiger partial charge in [-0.25, -0.2) is 8.42 Å². The van der Waals surface area contributed by atoms with Crippen LogP contribution in [0.1, 0.15) is 30.9 Å². The maximum Gasteiger partial charge on any atom is 0.155 e. The second-order valence-electron chi connectivity index (χ2n) is 4.21. The summed E-state index contributed by atoms with van der Waals surface area (Å²) in [5.41, 5.74) is 6.83. The van der Waals surface area contributed by atoms with Crippen LogP contribution in [0.25, 0.3) is 0 Å². The topological polar surface area (TPSA) is 73.0 Å². The predicted molar refractivity (Wildman–Crippen MR) is 62.6 cm³/mol. The lowest BCUT2D eigenvalue weighted by molar-refractivity contribution is 0.504. The van der Waals surface area contributed by atoms with Crippen LogP contribution in [-0.4, -0.2) is 24.4 Å². The van der Waals surface area contributed by atoms with Gasteiger partial charge in [0, 0.05) is 18.4 Å². The summed E-state index contributed by atoms with van der Waals surface area (Å²) in [5, 5.41) is -0.439. The summed E-state index contributed by atoms with van der Waals surface area (Å²) in [4.78, 5) is 3.97. The van der Waals surface area contributed by atoms with Crippen molar-refractivity contribution in [3.05, 3.63) is 30.1 Å². The molecule has 5 heteroatoms. The summed E-state index contributed by atoms with van der Waals surface area (Å²) in [6.07, 6.45) is 5.68. The number of nitrogens with zero attached hydrogens (tertiary/aromatic N) is 1. The average molecular weight is 240 g/mol. The highest BCUT2D eigenvalue weighted by Crippen LogP contribution is 2.28. The zero-order chi connectivity index (χ0) is 11.6. The molecule has 0 spiro atoms. The van der Waals surface area contributed by atoms with Crippen molar-refractivity contribution in [3.8, 4) is 0 Å². The van der Waals surface area contributed by atoms with E-state index in [1.807, 2.05) is 6.07 Å². The normalized spacial score (nSPS) is 26.2. The Hall–Kier alpha value is -0.940. The van der Waals surface area contributed by atoms with Gasteiger partial charge in [0.15, 0.2) is 9.84 Å². The third-order valence-corrected chi connectivity index (χ3v) is 5.41. The van der Waals surface area contributed by atoms with E-state index in [9.17, 15) is 8.42 Å². The van der Waals surface area contributed by atoms with Crippen molar-refractivity contribution in [3.63, 3.8) is 0 Å². The Morgan fingerprint density at radius 3 is 2.88 bits per heavy atom. The van der Waals surface area contributed by atoms with Gasteiger partial charge in [-0.2, -0.15) is 0 Å². The summed E-state index contributed by atoms with van der Waals surface area (Å²) < 4.78 is 23.8. The third kappa shape index (κ3) is 2.25. The summed E-state index contributed by atoms with van der Waals surface area (Å²) in [6, 6.07) is 3.17. The Labute approximate surface area is 95.8 Å². The van der Waals surface area contributed by atoms with Crippen LogP contribution in [0.3, 0.4) is 0 Å². The van der Waals surface area contributed by atoms with Gasteiger partial charge in [0.2, 0.25) is 0 Å². The van der Waals surface area contributed by atoms with Crippen molar-refractivity contribution < 1.29 is 8.42 Å². The SMILES string of the molecule is NC(c1cccnc1)C1CCCCS1(=O)=O. The molecule has 0 saturated carbocycles.